The first kappa shape index (κ1) is 15.6. The summed E-state index contributed by atoms with van der Waals surface area (Å²) in [5, 5.41) is 2.42. The highest BCUT2D eigenvalue weighted by Crippen LogP contribution is 2.37. The van der Waals surface area contributed by atoms with Crippen molar-refractivity contribution in [3.8, 4) is 0 Å². The third-order valence-electron chi connectivity index (χ3n) is 3.05. The number of hydrogen-bond donors (Lipinski definition) is 2. The number of alkyl halides is 4. The van der Waals surface area contributed by atoms with Gasteiger partial charge in [-0.2, -0.15) is 8.78 Å². The van der Waals surface area contributed by atoms with Gasteiger partial charge in [0.2, 0.25) is 0 Å². The van der Waals surface area contributed by atoms with Crippen LogP contribution in [-0.2, 0) is 0 Å². The average Bonchev–Trinajstić information content (AvgIpc) is 2.78. The van der Waals surface area contributed by atoms with Crippen LogP contribution >= 0.6 is 0 Å². The van der Waals surface area contributed by atoms with E-state index in [4.69, 9.17) is 4.42 Å². The zero-order valence-corrected chi connectivity index (χ0v) is 11.1. The number of aromatic amines is 1. The van der Waals surface area contributed by atoms with Crippen molar-refractivity contribution in [3.05, 3.63) is 34.3 Å². The Balaban J connectivity index is 2.44. The predicted octanol–water partition coefficient (Wildman–Crippen LogP) is 3.06. The SMILES string of the molecule is CCCNC(c1ccc2[nH]c(=O)oc2c1)C(F)(F)C(F)F. The molecule has 0 fully saturated rings. The molecular formula is C13H14F4N2O2. The molecule has 2 N–H and O–H groups in total. The highest BCUT2D eigenvalue weighted by Gasteiger charge is 2.49. The first-order chi connectivity index (χ1) is 9.86. The lowest BCUT2D eigenvalue weighted by molar-refractivity contribution is -0.151. The molecule has 0 radical (unpaired) electrons. The highest BCUT2D eigenvalue weighted by molar-refractivity contribution is 5.73. The van der Waals surface area contributed by atoms with Gasteiger partial charge in [0.15, 0.2) is 5.58 Å². The molecule has 8 heteroatoms. The van der Waals surface area contributed by atoms with Gasteiger partial charge in [-0.1, -0.05) is 13.0 Å². The Bertz CT molecular complexity index is 665. The molecule has 1 aromatic carbocycles. The molecule has 2 rings (SSSR count). The van der Waals surface area contributed by atoms with E-state index in [0.29, 0.717) is 11.9 Å². The maximum absolute atomic E-state index is 13.7. The lowest BCUT2D eigenvalue weighted by atomic mass is 10.00. The fourth-order valence-electron chi connectivity index (χ4n) is 2.03. The number of fused-ring (bicyclic) bond motifs is 1. The van der Waals surface area contributed by atoms with Crippen molar-refractivity contribution in [2.45, 2.75) is 31.7 Å². The van der Waals surface area contributed by atoms with Gasteiger partial charge in [-0.25, -0.2) is 13.6 Å². The Morgan fingerprint density at radius 1 is 1.38 bits per heavy atom. The van der Waals surface area contributed by atoms with Gasteiger partial charge in [0.05, 0.1) is 5.52 Å². The molecule has 21 heavy (non-hydrogen) atoms. The molecule has 0 amide bonds. The molecule has 0 saturated carbocycles. The lowest BCUT2D eigenvalue weighted by Gasteiger charge is -2.27. The molecule has 1 unspecified atom stereocenters. The minimum Gasteiger partial charge on any atom is -0.408 e. The topological polar surface area (TPSA) is 58.0 Å². The molecule has 0 saturated heterocycles. The molecule has 1 aromatic heterocycles. The van der Waals surface area contributed by atoms with Gasteiger partial charge in [0.25, 0.3) is 0 Å². The summed E-state index contributed by atoms with van der Waals surface area (Å²) in [4.78, 5) is 13.4. The summed E-state index contributed by atoms with van der Waals surface area (Å²) in [5.74, 6) is -4.97. The van der Waals surface area contributed by atoms with Crippen LogP contribution in [0.1, 0.15) is 24.9 Å². The normalized spacial score (nSPS) is 14.0. The molecule has 1 atom stereocenters. The fraction of sp³-hybridized carbons (Fsp3) is 0.462. The second kappa shape index (κ2) is 5.88. The number of benzene rings is 1. The van der Waals surface area contributed by atoms with Crippen LogP contribution in [0, 0.1) is 0 Å². The minimum atomic E-state index is -4.24. The summed E-state index contributed by atoms with van der Waals surface area (Å²) in [5.41, 5.74) is 0.299. The van der Waals surface area contributed by atoms with E-state index in [1.807, 2.05) is 0 Å². The summed E-state index contributed by atoms with van der Waals surface area (Å²) in [7, 11) is 0. The summed E-state index contributed by atoms with van der Waals surface area (Å²) < 4.78 is 57.4. The van der Waals surface area contributed by atoms with Gasteiger partial charge in [-0.15, -0.1) is 0 Å². The van der Waals surface area contributed by atoms with Crippen molar-refractivity contribution in [2.75, 3.05) is 6.54 Å². The molecule has 0 bridgehead atoms. The Hall–Kier alpha value is -1.83. The van der Waals surface area contributed by atoms with E-state index < -0.39 is 24.1 Å². The summed E-state index contributed by atoms with van der Waals surface area (Å²) >= 11 is 0. The van der Waals surface area contributed by atoms with Crippen LogP contribution < -0.4 is 11.1 Å². The molecule has 0 aliphatic carbocycles. The maximum atomic E-state index is 13.7. The van der Waals surface area contributed by atoms with Gasteiger partial charge < -0.3 is 9.73 Å². The van der Waals surface area contributed by atoms with E-state index in [1.54, 1.807) is 6.92 Å². The first-order valence-electron chi connectivity index (χ1n) is 6.38. The number of hydrogen-bond acceptors (Lipinski definition) is 3. The first-order valence-corrected chi connectivity index (χ1v) is 6.38. The number of H-pyrrole nitrogens is 1. The van der Waals surface area contributed by atoms with E-state index in [-0.39, 0.29) is 17.7 Å². The largest absolute Gasteiger partial charge is 0.417 e. The van der Waals surface area contributed by atoms with Gasteiger partial charge in [-0.05, 0) is 30.7 Å². The van der Waals surface area contributed by atoms with Crippen LogP contribution in [-0.4, -0.2) is 23.9 Å². The van der Waals surface area contributed by atoms with Gasteiger partial charge in [-0.3, -0.25) is 4.98 Å². The maximum Gasteiger partial charge on any atom is 0.417 e. The number of halogens is 4. The van der Waals surface area contributed by atoms with E-state index in [0.717, 1.165) is 6.07 Å². The Morgan fingerprint density at radius 3 is 2.71 bits per heavy atom. The second-order valence-corrected chi connectivity index (χ2v) is 4.63. The van der Waals surface area contributed by atoms with E-state index in [2.05, 4.69) is 10.3 Å². The zero-order valence-electron chi connectivity index (χ0n) is 11.1. The van der Waals surface area contributed by atoms with Gasteiger partial charge in [0, 0.05) is 0 Å². The minimum absolute atomic E-state index is 0.0471. The van der Waals surface area contributed by atoms with Crippen molar-refractivity contribution in [1.29, 1.82) is 0 Å². The van der Waals surface area contributed by atoms with Crippen molar-refractivity contribution in [2.24, 2.45) is 0 Å². The third kappa shape index (κ3) is 3.10. The Kier molecular flexibility index (Phi) is 4.36. The molecular weight excluding hydrogens is 292 g/mol. The predicted molar refractivity (Wildman–Crippen MR) is 68.8 cm³/mol. The summed E-state index contributed by atoms with van der Waals surface area (Å²) in [6, 6.07) is 1.91. The molecule has 0 aliphatic rings. The van der Waals surface area contributed by atoms with Gasteiger partial charge >= 0.3 is 18.1 Å². The van der Waals surface area contributed by atoms with Crippen LogP contribution in [0.15, 0.2) is 27.4 Å². The molecule has 116 valence electrons. The summed E-state index contributed by atoms with van der Waals surface area (Å²) in [6.07, 6.45) is -3.29. The van der Waals surface area contributed by atoms with Crippen molar-refractivity contribution >= 4 is 11.1 Å². The average molecular weight is 306 g/mol. The Morgan fingerprint density at radius 2 is 2.10 bits per heavy atom. The van der Waals surface area contributed by atoms with Crippen LogP contribution in [0.25, 0.3) is 11.1 Å². The smallest absolute Gasteiger partial charge is 0.408 e. The van der Waals surface area contributed by atoms with Crippen LogP contribution in [0.4, 0.5) is 17.6 Å². The quantitative estimate of drug-likeness (QED) is 0.806. The zero-order chi connectivity index (χ0) is 15.6. The standard InChI is InChI=1S/C13H14F4N2O2/c1-2-5-18-10(13(16,17)11(14)15)7-3-4-8-9(6-7)21-12(20)19-8/h3-4,6,10-11,18H,2,5H2,1H3,(H,19,20). The van der Waals surface area contributed by atoms with Crippen LogP contribution in [0.5, 0.6) is 0 Å². The van der Waals surface area contributed by atoms with E-state index in [1.165, 1.54) is 12.1 Å². The van der Waals surface area contributed by atoms with Crippen molar-refractivity contribution < 1.29 is 22.0 Å². The fourth-order valence-corrected chi connectivity index (χ4v) is 2.03. The van der Waals surface area contributed by atoms with Crippen molar-refractivity contribution in [1.82, 2.24) is 10.3 Å². The number of oxazole rings is 1. The molecule has 1 heterocycles. The van der Waals surface area contributed by atoms with Crippen LogP contribution in [0.2, 0.25) is 0 Å². The Labute approximate surface area is 117 Å². The molecule has 4 nitrogen and oxygen atoms in total. The lowest BCUT2D eigenvalue weighted by Crippen LogP contribution is -2.42. The number of aromatic nitrogens is 1. The number of nitrogens with one attached hydrogen (secondary N) is 2. The monoisotopic (exact) mass is 306 g/mol. The molecule has 2 aromatic rings. The van der Waals surface area contributed by atoms with Gasteiger partial charge in [0.1, 0.15) is 6.04 Å². The van der Waals surface area contributed by atoms with Crippen LogP contribution in [0.3, 0.4) is 0 Å². The van der Waals surface area contributed by atoms with Crippen molar-refractivity contribution in [3.63, 3.8) is 0 Å². The van der Waals surface area contributed by atoms with E-state index >= 15 is 0 Å². The second-order valence-electron chi connectivity index (χ2n) is 4.63. The van der Waals surface area contributed by atoms with E-state index in [9.17, 15) is 22.4 Å². The summed E-state index contributed by atoms with van der Waals surface area (Å²) in [6.45, 7) is 1.89. The number of rotatable bonds is 6. The molecule has 0 spiro atoms. The molecule has 0 aliphatic heterocycles. The third-order valence-corrected chi connectivity index (χ3v) is 3.05. The highest BCUT2D eigenvalue weighted by atomic mass is 19.3.